The van der Waals surface area contributed by atoms with Gasteiger partial charge in [-0.1, -0.05) is 0 Å². The quantitative estimate of drug-likeness (QED) is 0.550. The SMILES string of the molecule is CC(O)C(=O)C1CCNC1. The molecule has 1 rings (SSSR count). The van der Waals surface area contributed by atoms with Gasteiger partial charge in [0.1, 0.15) is 6.10 Å². The molecule has 1 heterocycles. The number of carbonyl (C=O) groups is 1. The van der Waals surface area contributed by atoms with Crippen molar-refractivity contribution < 1.29 is 9.90 Å². The lowest BCUT2D eigenvalue weighted by molar-refractivity contribution is -0.129. The van der Waals surface area contributed by atoms with Crippen molar-refractivity contribution in [3.63, 3.8) is 0 Å². The fraction of sp³-hybridized carbons (Fsp3) is 0.857. The molecule has 3 heteroatoms. The predicted octanol–water partition coefficient (Wildman–Crippen LogP) is -0.454. The van der Waals surface area contributed by atoms with Crippen molar-refractivity contribution in [1.29, 1.82) is 0 Å². The zero-order valence-electron chi connectivity index (χ0n) is 6.13. The van der Waals surface area contributed by atoms with Crippen LogP contribution in [-0.2, 0) is 4.79 Å². The smallest absolute Gasteiger partial charge is 0.165 e. The summed E-state index contributed by atoms with van der Waals surface area (Å²) in [6.07, 6.45) is 0.0916. The molecule has 3 nitrogen and oxygen atoms in total. The molecule has 1 saturated heterocycles. The van der Waals surface area contributed by atoms with E-state index in [-0.39, 0.29) is 11.7 Å². The van der Waals surface area contributed by atoms with E-state index in [0.717, 1.165) is 19.5 Å². The number of rotatable bonds is 2. The van der Waals surface area contributed by atoms with Crippen molar-refractivity contribution in [3.8, 4) is 0 Å². The molecular weight excluding hydrogens is 130 g/mol. The first kappa shape index (κ1) is 7.69. The fourth-order valence-corrected chi connectivity index (χ4v) is 1.24. The third kappa shape index (κ3) is 1.55. The van der Waals surface area contributed by atoms with E-state index < -0.39 is 6.10 Å². The maximum atomic E-state index is 11.1. The first-order valence-electron chi connectivity index (χ1n) is 3.64. The molecule has 0 spiro atoms. The third-order valence-corrected chi connectivity index (χ3v) is 1.87. The molecule has 1 aliphatic heterocycles. The predicted molar refractivity (Wildman–Crippen MR) is 37.7 cm³/mol. The number of Topliss-reactive ketones (excluding diaryl/α,β-unsaturated/α-hetero) is 1. The summed E-state index contributed by atoms with van der Waals surface area (Å²) in [7, 11) is 0. The summed E-state index contributed by atoms with van der Waals surface area (Å²) in [6, 6.07) is 0. The van der Waals surface area contributed by atoms with E-state index in [1.54, 1.807) is 0 Å². The standard InChI is InChI=1S/C7H13NO2/c1-5(9)7(10)6-2-3-8-4-6/h5-6,8-9H,2-4H2,1H3. The molecule has 1 fully saturated rings. The summed E-state index contributed by atoms with van der Waals surface area (Å²) < 4.78 is 0. The zero-order chi connectivity index (χ0) is 7.56. The van der Waals surface area contributed by atoms with Gasteiger partial charge in [-0.15, -0.1) is 0 Å². The van der Waals surface area contributed by atoms with Gasteiger partial charge in [-0.25, -0.2) is 0 Å². The molecule has 2 atom stereocenters. The maximum absolute atomic E-state index is 11.1. The lowest BCUT2D eigenvalue weighted by Gasteiger charge is -2.08. The highest BCUT2D eigenvalue weighted by molar-refractivity contribution is 5.85. The zero-order valence-corrected chi connectivity index (χ0v) is 6.13. The summed E-state index contributed by atoms with van der Waals surface area (Å²) in [4.78, 5) is 11.1. The van der Waals surface area contributed by atoms with Gasteiger partial charge in [-0.3, -0.25) is 4.79 Å². The van der Waals surface area contributed by atoms with Crippen LogP contribution in [0.3, 0.4) is 0 Å². The van der Waals surface area contributed by atoms with Crippen LogP contribution in [0, 0.1) is 5.92 Å². The molecular formula is C7H13NO2. The fourth-order valence-electron chi connectivity index (χ4n) is 1.24. The normalized spacial score (nSPS) is 28.4. The molecule has 2 unspecified atom stereocenters. The highest BCUT2D eigenvalue weighted by atomic mass is 16.3. The molecule has 0 amide bonds. The molecule has 0 aliphatic carbocycles. The van der Waals surface area contributed by atoms with Gasteiger partial charge in [0.25, 0.3) is 0 Å². The van der Waals surface area contributed by atoms with Crippen LogP contribution in [-0.4, -0.2) is 30.1 Å². The van der Waals surface area contributed by atoms with E-state index >= 15 is 0 Å². The Morgan fingerprint density at radius 2 is 2.50 bits per heavy atom. The van der Waals surface area contributed by atoms with Crippen LogP contribution in [0.5, 0.6) is 0 Å². The van der Waals surface area contributed by atoms with Crippen molar-refractivity contribution in [2.24, 2.45) is 5.92 Å². The van der Waals surface area contributed by atoms with Crippen molar-refractivity contribution in [2.45, 2.75) is 19.4 Å². The van der Waals surface area contributed by atoms with Gasteiger partial charge in [0.05, 0.1) is 0 Å². The Hall–Kier alpha value is -0.410. The summed E-state index contributed by atoms with van der Waals surface area (Å²) in [5.74, 6) is 0.0324. The third-order valence-electron chi connectivity index (χ3n) is 1.87. The van der Waals surface area contributed by atoms with Crippen molar-refractivity contribution in [2.75, 3.05) is 13.1 Å². The van der Waals surface area contributed by atoms with Crippen LogP contribution < -0.4 is 5.32 Å². The van der Waals surface area contributed by atoms with Crippen LogP contribution in [0.25, 0.3) is 0 Å². The Labute approximate surface area is 60.4 Å². The van der Waals surface area contributed by atoms with Gasteiger partial charge in [0, 0.05) is 12.5 Å². The molecule has 0 aromatic rings. The summed E-state index contributed by atoms with van der Waals surface area (Å²) >= 11 is 0. The minimum atomic E-state index is -0.787. The molecule has 0 radical (unpaired) electrons. The van der Waals surface area contributed by atoms with Crippen LogP contribution >= 0.6 is 0 Å². The Morgan fingerprint density at radius 1 is 1.80 bits per heavy atom. The first-order valence-corrected chi connectivity index (χ1v) is 3.64. The van der Waals surface area contributed by atoms with Crippen LogP contribution in [0.1, 0.15) is 13.3 Å². The molecule has 0 aromatic carbocycles. The van der Waals surface area contributed by atoms with Crippen molar-refractivity contribution in [1.82, 2.24) is 5.32 Å². The summed E-state index contributed by atoms with van der Waals surface area (Å²) in [5, 5.41) is 12.0. The number of hydrogen-bond acceptors (Lipinski definition) is 3. The van der Waals surface area contributed by atoms with Crippen LogP contribution in [0.4, 0.5) is 0 Å². The lowest BCUT2D eigenvalue weighted by Crippen LogP contribution is -2.26. The first-order chi connectivity index (χ1) is 4.72. The number of aliphatic hydroxyl groups is 1. The van der Waals surface area contributed by atoms with Gasteiger partial charge in [-0.05, 0) is 19.9 Å². The number of nitrogens with one attached hydrogen (secondary N) is 1. The number of hydrogen-bond donors (Lipinski definition) is 2. The van der Waals surface area contributed by atoms with Crippen molar-refractivity contribution >= 4 is 5.78 Å². The van der Waals surface area contributed by atoms with E-state index in [2.05, 4.69) is 5.32 Å². The van der Waals surface area contributed by atoms with Gasteiger partial charge < -0.3 is 10.4 Å². The average Bonchev–Trinajstić information content (AvgIpc) is 2.36. The molecule has 10 heavy (non-hydrogen) atoms. The highest BCUT2D eigenvalue weighted by Gasteiger charge is 2.24. The Balaban J connectivity index is 2.40. The average molecular weight is 143 g/mol. The molecule has 0 saturated carbocycles. The highest BCUT2D eigenvalue weighted by Crippen LogP contribution is 2.10. The molecule has 0 bridgehead atoms. The Bertz CT molecular complexity index is 128. The van der Waals surface area contributed by atoms with Crippen LogP contribution in [0.15, 0.2) is 0 Å². The summed E-state index contributed by atoms with van der Waals surface area (Å²) in [6.45, 7) is 3.17. The number of ketones is 1. The monoisotopic (exact) mass is 143 g/mol. The van der Waals surface area contributed by atoms with Gasteiger partial charge in [-0.2, -0.15) is 0 Å². The van der Waals surface area contributed by atoms with E-state index in [0.29, 0.717) is 0 Å². The maximum Gasteiger partial charge on any atom is 0.165 e. The second kappa shape index (κ2) is 3.12. The molecule has 1 aliphatic rings. The number of aliphatic hydroxyl groups excluding tert-OH is 1. The van der Waals surface area contributed by atoms with E-state index in [4.69, 9.17) is 5.11 Å². The Kier molecular flexibility index (Phi) is 2.40. The lowest BCUT2D eigenvalue weighted by atomic mass is 10.0. The molecule has 2 N–H and O–H groups in total. The number of carbonyl (C=O) groups excluding carboxylic acids is 1. The van der Waals surface area contributed by atoms with Gasteiger partial charge in [0.2, 0.25) is 0 Å². The van der Waals surface area contributed by atoms with Crippen LogP contribution in [0.2, 0.25) is 0 Å². The van der Waals surface area contributed by atoms with E-state index in [1.165, 1.54) is 6.92 Å². The summed E-state index contributed by atoms with van der Waals surface area (Å²) in [5.41, 5.74) is 0. The molecule has 0 aromatic heterocycles. The van der Waals surface area contributed by atoms with Crippen molar-refractivity contribution in [3.05, 3.63) is 0 Å². The topological polar surface area (TPSA) is 49.3 Å². The second-order valence-electron chi connectivity index (χ2n) is 2.77. The van der Waals surface area contributed by atoms with Gasteiger partial charge in [0.15, 0.2) is 5.78 Å². The van der Waals surface area contributed by atoms with E-state index in [1.807, 2.05) is 0 Å². The largest absolute Gasteiger partial charge is 0.386 e. The Morgan fingerprint density at radius 3 is 2.90 bits per heavy atom. The van der Waals surface area contributed by atoms with E-state index in [9.17, 15) is 4.79 Å². The van der Waals surface area contributed by atoms with Gasteiger partial charge >= 0.3 is 0 Å². The second-order valence-corrected chi connectivity index (χ2v) is 2.77. The molecule has 58 valence electrons. The minimum Gasteiger partial charge on any atom is -0.386 e. The minimum absolute atomic E-state index is 0.0231.